The Bertz CT molecular complexity index is 309. The second kappa shape index (κ2) is 5.49. The van der Waals surface area contributed by atoms with E-state index in [1.807, 2.05) is 0 Å². The van der Waals surface area contributed by atoms with Crippen LogP contribution in [0.4, 0.5) is 0 Å². The molecule has 0 aliphatic heterocycles. The second-order valence-corrected chi connectivity index (χ2v) is 4.96. The van der Waals surface area contributed by atoms with Crippen molar-refractivity contribution in [1.82, 2.24) is 5.32 Å². The SMILES string of the molecule is CCc1ccc(C(C)NC2CCCC2)cc1. The van der Waals surface area contributed by atoms with E-state index in [4.69, 9.17) is 0 Å². The second-order valence-electron chi connectivity index (χ2n) is 4.96. The van der Waals surface area contributed by atoms with Gasteiger partial charge in [-0.2, -0.15) is 0 Å². The highest BCUT2D eigenvalue weighted by atomic mass is 14.9. The van der Waals surface area contributed by atoms with Gasteiger partial charge in [-0.15, -0.1) is 0 Å². The van der Waals surface area contributed by atoms with Gasteiger partial charge in [0.15, 0.2) is 0 Å². The molecule has 16 heavy (non-hydrogen) atoms. The van der Waals surface area contributed by atoms with Crippen molar-refractivity contribution in [2.75, 3.05) is 0 Å². The quantitative estimate of drug-likeness (QED) is 0.808. The average Bonchev–Trinajstić information content (AvgIpc) is 2.82. The summed E-state index contributed by atoms with van der Waals surface area (Å²) >= 11 is 0. The molecule has 1 aliphatic rings. The fraction of sp³-hybridized carbons (Fsp3) is 0.600. The van der Waals surface area contributed by atoms with Crippen molar-refractivity contribution in [1.29, 1.82) is 0 Å². The molecule has 0 radical (unpaired) electrons. The van der Waals surface area contributed by atoms with E-state index >= 15 is 0 Å². The molecule has 0 amide bonds. The highest BCUT2D eigenvalue weighted by molar-refractivity contribution is 5.24. The van der Waals surface area contributed by atoms with Gasteiger partial charge in [0.05, 0.1) is 0 Å². The van der Waals surface area contributed by atoms with Crippen molar-refractivity contribution in [3.63, 3.8) is 0 Å². The van der Waals surface area contributed by atoms with E-state index in [0.29, 0.717) is 6.04 Å². The monoisotopic (exact) mass is 217 g/mol. The first-order valence-corrected chi connectivity index (χ1v) is 6.64. The lowest BCUT2D eigenvalue weighted by Crippen LogP contribution is -2.28. The number of benzene rings is 1. The van der Waals surface area contributed by atoms with Crippen molar-refractivity contribution in [2.45, 2.75) is 58.0 Å². The van der Waals surface area contributed by atoms with Gasteiger partial charge in [-0.05, 0) is 37.3 Å². The first kappa shape index (κ1) is 11.7. The Morgan fingerprint density at radius 3 is 2.38 bits per heavy atom. The van der Waals surface area contributed by atoms with Crippen LogP contribution in [0, 0.1) is 0 Å². The summed E-state index contributed by atoms with van der Waals surface area (Å²) < 4.78 is 0. The molecule has 1 aromatic rings. The fourth-order valence-corrected chi connectivity index (χ4v) is 2.58. The van der Waals surface area contributed by atoms with Crippen LogP contribution in [0.25, 0.3) is 0 Å². The molecule has 0 spiro atoms. The molecule has 1 aromatic carbocycles. The lowest BCUT2D eigenvalue weighted by molar-refractivity contribution is 0.461. The van der Waals surface area contributed by atoms with Crippen LogP contribution in [0.5, 0.6) is 0 Å². The molecule has 0 heterocycles. The van der Waals surface area contributed by atoms with Gasteiger partial charge in [-0.3, -0.25) is 0 Å². The van der Waals surface area contributed by atoms with Gasteiger partial charge in [0.25, 0.3) is 0 Å². The molecule has 1 unspecified atom stereocenters. The molecule has 1 saturated carbocycles. The van der Waals surface area contributed by atoms with Crippen LogP contribution in [0.1, 0.15) is 56.7 Å². The Hall–Kier alpha value is -0.820. The maximum absolute atomic E-state index is 3.73. The Labute approximate surface area is 99.3 Å². The Balaban J connectivity index is 1.94. The maximum atomic E-state index is 3.73. The zero-order chi connectivity index (χ0) is 11.4. The molecular formula is C15H23N. The normalized spacial score (nSPS) is 18.9. The van der Waals surface area contributed by atoms with Gasteiger partial charge < -0.3 is 5.32 Å². The summed E-state index contributed by atoms with van der Waals surface area (Å²) in [7, 11) is 0. The lowest BCUT2D eigenvalue weighted by Gasteiger charge is -2.19. The van der Waals surface area contributed by atoms with E-state index in [0.717, 1.165) is 12.5 Å². The molecular weight excluding hydrogens is 194 g/mol. The van der Waals surface area contributed by atoms with Crippen LogP contribution in [0.15, 0.2) is 24.3 Å². The molecule has 1 aliphatic carbocycles. The van der Waals surface area contributed by atoms with Crippen LogP contribution >= 0.6 is 0 Å². The molecule has 2 rings (SSSR count). The van der Waals surface area contributed by atoms with Crippen molar-refractivity contribution in [3.8, 4) is 0 Å². The molecule has 1 nitrogen and oxygen atoms in total. The number of aryl methyl sites for hydroxylation is 1. The first-order valence-electron chi connectivity index (χ1n) is 6.64. The lowest BCUT2D eigenvalue weighted by atomic mass is 10.0. The van der Waals surface area contributed by atoms with E-state index in [2.05, 4.69) is 43.4 Å². The fourth-order valence-electron chi connectivity index (χ4n) is 2.58. The summed E-state index contributed by atoms with van der Waals surface area (Å²) in [5.41, 5.74) is 2.85. The predicted octanol–water partition coefficient (Wildman–Crippen LogP) is 3.84. The topological polar surface area (TPSA) is 12.0 Å². The van der Waals surface area contributed by atoms with Crippen LogP contribution < -0.4 is 5.32 Å². The highest BCUT2D eigenvalue weighted by Gasteiger charge is 2.17. The number of hydrogen-bond acceptors (Lipinski definition) is 1. The highest BCUT2D eigenvalue weighted by Crippen LogP contribution is 2.22. The third-order valence-corrected chi connectivity index (χ3v) is 3.73. The van der Waals surface area contributed by atoms with Gasteiger partial charge >= 0.3 is 0 Å². The van der Waals surface area contributed by atoms with E-state index in [1.54, 1.807) is 0 Å². The standard InChI is InChI=1S/C15H23N/c1-3-13-8-10-14(11-9-13)12(2)16-15-6-4-5-7-15/h8-12,15-16H,3-7H2,1-2H3. The summed E-state index contributed by atoms with van der Waals surface area (Å²) in [6.07, 6.45) is 6.65. The van der Waals surface area contributed by atoms with Crippen molar-refractivity contribution in [3.05, 3.63) is 35.4 Å². The number of rotatable bonds is 4. The van der Waals surface area contributed by atoms with E-state index in [9.17, 15) is 0 Å². The van der Waals surface area contributed by atoms with Crippen LogP contribution in [0.2, 0.25) is 0 Å². The summed E-state index contributed by atoms with van der Waals surface area (Å²) in [5, 5.41) is 3.73. The molecule has 1 fully saturated rings. The van der Waals surface area contributed by atoms with Crippen LogP contribution in [-0.2, 0) is 6.42 Å². The van der Waals surface area contributed by atoms with E-state index in [1.165, 1.54) is 36.8 Å². The Morgan fingerprint density at radius 1 is 1.19 bits per heavy atom. The van der Waals surface area contributed by atoms with Gasteiger partial charge in [0.1, 0.15) is 0 Å². The predicted molar refractivity (Wildman–Crippen MR) is 69.6 cm³/mol. The molecule has 0 saturated heterocycles. The van der Waals surface area contributed by atoms with Crippen LogP contribution in [-0.4, -0.2) is 6.04 Å². The minimum atomic E-state index is 0.494. The molecule has 1 atom stereocenters. The third-order valence-electron chi connectivity index (χ3n) is 3.73. The maximum Gasteiger partial charge on any atom is 0.0294 e. The Kier molecular flexibility index (Phi) is 4.00. The van der Waals surface area contributed by atoms with Gasteiger partial charge in [-0.25, -0.2) is 0 Å². The zero-order valence-electron chi connectivity index (χ0n) is 10.5. The van der Waals surface area contributed by atoms with Gasteiger partial charge in [-0.1, -0.05) is 44.0 Å². The smallest absolute Gasteiger partial charge is 0.0294 e. The average molecular weight is 217 g/mol. The largest absolute Gasteiger partial charge is 0.307 e. The molecule has 1 heteroatoms. The van der Waals surface area contributed by atoms with Crippen molar-refractivity contribution in [2.24, 2.45) is 0 Å². The van der Waals surface area contributed by atoms with E-state index < -0.39 is 0 Å². The van der Waals surface area contributed by atoms with Crippen molar-refractivity contribution < 1.29 is 0 Å². The van der Waals surface area contributed by atoms with Crippen LogP contribution in [0.3, 0.4) is 0 Å². The van der Waals surface area contributed by atoms with E-state index in [-0.39, 0.29) is 0 Å². The molecule has 88 valence electrons. The van der Waals surface area contributed by atoms with Crippen molar-refractivity contribution >= 4 is 0 Å². The zero-order valence-corrected chi connectivity index (χ0v) is 10.5. The summed E-state index contributed by atoms with van der Waals surface area (Å²) in [5.74, 6) is 0. The number of hydrogen-bond donors (Lipinski definition) is 1. The van der Waals surface area contributed by atoms with Gasteiger partial charge in [0, 0.05) is 12.1 Å². The molecule has 0 aromatic heterocycles. The molecule has 1 N–H and O–H groups in total. The third kappa shape index (κ3) is 2.85. The molecule has 0 bridgehead atoms. The number of nitrogens with one attached hydrogen (secondary N) is 1. The minimum Gasteiger partial charge on any atom is -0.307 e. The summed E-state index contributed by atoms with van der Waals surface area (Å²) in [6.45, 7) is 4.48. The summed E-state index contributed by atoms with van der Waals surface area (Å²) in [6, 6.07) is 10.3. The summed E-state index contributed by atoms with van der Waals surface area (Å²) in [4.78, 5) is 0. The Morgan fingerprint density at radius 2 is 1.81 bits per heavy atom. The minimum absolute atomic E-state index is 0.494. The van der Waals surface area contributed by atoms with Gasteiger partial charge in [0.2, 0.25) is 0 Å². The first-order chi connectivity index (χ1) is 7.79.